The largest absolute Gasteiger partial charge is 0.408 e. The highest BCUT2D eigenvalue weighted by atomic mass is 32.2. The van der Waals surface area contributed by atoms with Crippen molar-refractivity contribution in [2.75, 3.05) is 16.4 Å². The Morgan fingerprint density at radius 2 is 1.20 bits per heavy atom. The molecule has 0 amide bonds. The first kappa shape index (κ1) is 32.7. The summed E-state index contributed by atoms with van der Waals surface area (Å²) in [4.78, 5) is 10.6. The molecule has 46 heavy (non-hydrogen) atoms. The van der Waals surface area contributed by atoms with Crippen molar-refractivity contribution < 1.29 is 30.6 Å². The van der Waals surface area contributed by atoms with E-state index in [9.17, 15) is 26.9 Å². The molecule has 2 aromatic heterocycles. The Labute approximate surface area is 263 Å². The zero-order valence-electron chi connectivity index (χ0n) is 25.2. The number of nitro groups is 1. The van der Waals surface area contributed by atoms with E-state index in [0.29, 0.717) is 17.3 Å². The second-order valence-electron chi connectivity index (χ2n) is 11.5. The number of nitro benzene ring substituents is 1. The Morgan fingerprint density at radius 3 is 1.61 bits per heavy atom. The molecule has 2 aliphatic rings. The van der Waals surface area contributed by atoms with Crippen LogP contribution in [0.4, 0.5) is 34.8 Å². The monoisotopic (exact) mass is 676 g/mol. The lowest BCUT2D eigenvalue weighted by molar-refractivity contribution is -0.384. The van der Waals surface area contributed by atoms with Crippen molar-refractivity contribution in [3.05, 3.63) is 58.3 Å². The van der Waals surface area contributed by atoms with Crippen molar-refractivity contribution >= 4 is 54.8 Å². The third-order valence-corrected chi connectivity index (χ3v) is 10.4. The molecule has 2 aliphatic carbocycles. The minimum absolute atomic E-state index is 0.0486. The van der Waals surface area contributed by atoms with Crippen LogP contribution in [-0.2, 0) is 20.0 Å². The van der Waals surface area contributed by atoms with E-state index in [1.54, 1.807) is 20.8 Å². The number of anilines is 5. The number of rotatable bonds is 11. The molecule has 0 bridgehead atoms. The predicted molar refractivity (Wildman–Crippen MR) is 165 cm³/mol. The second-order valence-corrected chi connectivity index (χ2v) is 14.9. The van der Waals surface area contributed by atoms with Gasteiger partial charge in [0.25, 0.3) is 5.69 Å². The van der Waals surface area contributed by atoms with E-state index in [2.05, 4.69) is 40.5 Å². The molecule has 2 saturated carbocycles. The highest BCUT2D eigenvalue weighted by Gasteiger charge is 2.42. The van der Waals surface area contributed by atoms with Crippen molar-refractivity contribution in [3.8, 4) is 0 Å². The van der Waals surface area contributed by atoms with Crippen LogP contribution in [0.3, 0.4) is 0 Å². The molecule has 18 nitrogen and oxygen atoms in total. The number of nitrogen functional groups attached to an aromatic ring is 1. The fourth-order valence-corrected chi connectivity index (χ4v) is 7.00. The van der Waals surface area contributed by atoms with E-state index in [1.165, 1.54) is 30.3 Å². The van der Waals surface area contributed by atoms with Gasteiger partial charge in [0.2, 0.25) is 31.8 Å². The summed E-state index contributed by atoms with van der Waals surface area (Å²) in [7, 11) is -7.38. The molecule has 2 heterocycles. The van der Waals surface area contributed by atoms with Gasteiger partial charge in [-0.15, -0.1) is 10.2 Å². The molecular formula is C26H32N10O8S2. The highest BCUT2D eigenvalue weighted by molar-refractivity contribution is 7.89. The zero-order chi connectivity index (χ0) is 33.5. The highest BCUT2D eigenvalue weighted by Crippen LogP contribution is 2.38. The molecule has 4 aromatic rings. The van der Waals surface area contributed by atoms with Crippen LogP contribution in [0.2, 0.25) is 0 Å². The molecule has 6 rings (SSSR count). The van der Waals surface area contributed by atoms with Crippen LogP contribution in [-0.4, -0.2) is 53.2 Å². The van der Waals surface area contributed by atoms with Crippen molar-refractivity contribution in [2.24, 2.45) is 0 Å². The number of hydrogen-bond acceptors (Lipinski definition) is 15. The summed E-state index contributed by atoms with van der Waals surface area (Å²) in [5, 5.41) is 31.3. The topological polar surface area (TPSA) is 263 Å². The van der Waals surface area contributed by atoms with Crippen molar-refractivity contribution in [1.82, 2.24) is 29.8 Å². The van der Waals surface area contributed by atoms with Crippen LogP contribution >= 0.6 is 0 Å². The molecule has 6 N–H and O–H groups in total. The summed E-state index contributed by atoms with van der Waals surface area (Å²) in [5.41, 5.74) is 5.50. The maximum Gasteiger partial charge on any atom is 0.320 e. The van der Waals surface area contributed by atoms with Crippen LogP contribution in [0.15, 0.2) is 55.0 Å². The number of nitrogens with one attached hydrogen (secondary N) is 4. The van der Waals surface area contributed by atoms with Gasteiger partial charge in [-0.05, 0) is 69.9 Å². The Kier molecular flexibility index (Phi) is 8.49. The predicted octanol–water partition coefficient (Wildman–Crippen LogP) is 3.40. The minimum Gasteiger partial charge on any atom is -0.408 e. The van der Waals surface area contributed by atoms with E-state index in [0.717, 1.165) is 31.7 Å². The Morgan fingerprint density at radius 1 is 0.761 bits per heavy atom. The van der Waals surface area contributed by atoms with Gasteiger partial charge in [-0.2, -0.15) is 0 Å². The first-order chi connectivity index (χ1) is 21.5. The summed E-state index contributed by atoms with van der Waals surface area (Å²) >= 11 is 0. The van der Waals surface area contributed by atoms with Gasteiger partial charge in [-0.1, -0.05) is 10.2 Å². The van der Waals surface area contributed by atoms with E-state index in [1.807, 2.05) is 6.92 Å². The maximum absolute atomic E-state index is 12.4. The molecule has 246 valence electrons. The fraction of sp³-hybridized carbons (Fsp3) is 0.385. The summed E-state index contributed by atoms with van der Waals surface area (Å²) in [6.07, 6.45) is 3.19. The molecule has 0 aliphatic heterocycles. The van der Waals surface area contributed by atoms with Gasteiger partial charge >= 0.3 is 12.0 Å². The molecule has 2 fully saturated rings. The lowest BCUT2D eigenvalue weighted by Crippen LogP contribution is -2.34. The summed E-state index contributed by atoms with van der Waals surface area (Å²) in [6, 6.07) is 8.01. The molecular weight excluding hydrogens is 644 g/mol. The second kappa shape index (κ2) is 11.9. The molecule has 20 heteroatoms. The molecule has 0 spiro atoms. The van der Waals surface area contributed by atoms with Gasteiger partial charge in [0.15, 0.2) is 0 Å². The standard InChI is InChI=1S/C13H15N5O5S.C13H17N5O3S/c1-8-15-16-12(23-8)14-10-7-9(3-4-11(10)18(19)20)24(21,22)17-13(2)5-6-13;1-8-16-17-12(21-8)15-11-7-9(3-4-10(11)14)22(19,20)18-13(2)5-6-13/h3-4,7,17H,5-6H2,1-2H3,(H,14,16);3-4,7,18H,5-6,14H2,1-2H3,(H,15,17). The van der Waals surface area contributed by atoms with Gasteiger partial charge in [-0.25, -0.2) is 26.3 Å². The maximum atomic E-state index is 12.4. The molecule has 0 saturated heterocycles. The van der Waals surface area contributed by atoms with E-state index >= 15 is 0 Å². The average Bonchev–Trinajstić information content (AvgIpc) is 3.76. The SMILES string of the molecule is Cc1nnc(Nc2cc(S(=O)(=O)NC3(C)CC3)ccc2N)o1.Cc1nnc(Nc2cc(S(=O)(=O)NC3(C)CC3)ccc2[N+](=O)[O-])o1. The fourth-order valence-electron chi connectivity index (χ4n) is 4.02. The van der Waals surface area contributed by atoms with Crippen LogP contribution in [0.1, 0.15) is 51.3 Å². The number of nitrogens with zero attached hydrogens (tertiary/aromatic N) is 5. The summed E-state index contributed by atoms with van der Waals surface area (Å²) < 4.78 is 65.2. The molecule has 0 unspecified atom stereocenters. The van der Waals surface area contributed by atoms with Crippen molar-refractivity contribution in [3.63, 3.8) is 0 Å². The molecule has 0 atom stereocenters. The van der Waals surface area contributed by atoms with Crippen LogP contribution in [0.5, 0.6) is 0 Å². The third-order valence-electron chi connectivity index (χ3n) is 7.11. The minimum atomic E-state index is -3.79. The van der Waals surface area contributed by atoms with Gasteiger partial charge in [0.1, 0.15) is 5.69 Å². The third kappa shape index (κ3) is 7.94. The van der Waals surface area contributed by atoms with Crippen molar-refractivity contribution in [1.29, 1.82) is 0 Å². The quantitative estimate of drug-likeness (QED) is 0.0866. The molecule has 0 radical (unpaired) electrons. The lowest BCUT2D eigenvalue weighted by atomic mass is 10.2. The Bertz CT molecular complexity index is 2000. The Hall–Kier alpha value is -4.66. The van der Waals surface area contributed by atoms with Gasteiger partial charge < -0.3 is 25.2 Å². The lowest BCUT2D eigenvalue weighted by Gasteiger charge is -2.14. The number of aryl methyl sites for hydroxylation is 2. The summed E-state index contributed by atoms with van der Waals surface area (Å²) in [5.74, 6) is 0.667. The van der Waals surface area contributed by atoms with E-state index in [-0.39, 0.29) is 44.6 Å². The van der Waals surface area contributed by atoms with Crippen LogP contribution < -0.4 is 25.8 Å². The normalized spacial score (nSPS) is 16.2. The first-order valence-electron chi connectivity index (χ1n) is 13.9. The Balaban J connectivity index is 0.000000182. The van der Waals surface area contributed by atoms with Crippen molar-refractivity contribution in [2.45, 2.75) is 74.2 Å². The zero-order valence-corrected chi connectivity index (χ0v) is 26.8. The summed E-state index contributed by atoms with van der Waals surface area (Å²) in [6.45, 7) is 6.90. The number of hydrogen-bond donors (Lipinski definition) is 5. The molecule has 2 aromatic carbocycles. The van der Waals surface area contributed by atoms with Gasteiger partial charge in [-0.3, -0.25) is 10.1 Å². The van der Waals surface area contributed by atoms with Crippen LogP contribution in [0, 0.1) is 24.0 Å². The van der Waals surface area contributed by atoms with Gasteiger partial charge in [0.05, 0.1) is 26.1 Å². The van der Waals surface area contributed by atoms with Gasteiger partial charge in [0, 0.05) is 31.0 Å². The number of sulfonamides is 2. The van der Waals surface area contributed by atoms with E-state index in [4.69, 9.17) is 14.6 Å². The van der Waals surface area contributed by atoms with E-state index < -0.39 is 30.5 Å². The smallest absolute Gasteiger partial charge is 0.320 e. The first-order valence-corrected chi connectivity index (χ1v) is 16.8. The number of aromatic nitrogens is 4. The number of benzene rings is 2. The average molecular weight is 677 g/mol. The van der Waals surface area contributed by atoms with Crippen LogP contribution in [0.25, 0.3) is 0 Å². The number of nitrogens with two attached hydrogens (primary N) is 1.